The maximum atomic E-state index is 10.3. The van der Waals surface area contributed by atoms with Crippen LogP contribution in [-0.2, 0) is 9.47 Å². The highest BCUT2D eigenvalue weighted by atomic mass is 16.7. The molecule has 3 aliphatic rings. The maximum Gasteiger partial charge on any atom is 0.217 e. The number of rotatable bonds is 1. The quantitative estimate of drug-likeness (QED) is 0.796. The molecule has 0 spiro atoms. The Labute approximate surface area is 164 Å². The molecule has 5 atom stereocenters. The zero-order chi connectivity index (χ0) is 20.3. The third-order valence-corrected chi connectivity index (χ3v) is 6.88. The number of hydrogen-bond donors (Lipinski definition) is 1. The lowest BCUT2D eigenvalue weighted by Gasteiger charge is -2.52. The van der Waals surface area contributed by atoms with Crippen molar-refractivity contribution in [3.05, 3.63) is 34.9 Å². The first-order chi connectivity index (χ1) is 13.3. The van der Waals surface area contributed by atoms with Gasteiger partial charge < -0.3 is 9.47 Å². The van der Waals surface area contributed by atoms with Crippen LogP contribution < -0.4 is 0 Å². The number of nitrogens with zero attached hydrogens (tertiary/aromatic N) is 3. The van der Waals surface area contributed by atoms with Gasteiger partial charge in [-0.2, -0.15) is 15.8 Å². The van der Waals surface area contributed by atoms with Crippen LogP contribution >= 0.6 is 0 Å². The Morgan fingerprint density at radius 3 is 2.46 bits per heavy atom. The van der Waals surface area contributed by atoms with E-state index in [1.165, 1.54) is 0 Å². The fourth-order valence-corrected chi connectivity index (χ4v) is 5.43. The molecule has 142 valence electrons. The minimum Gasteiger partial charge on any atom is -0.447 e. The van der Waals surface area contributed by atoms with Gasteiger partial charge in [-0.25, -0.2) is 0 Å². The molecule has 2 heterocycles. The topological polar surface area (TPSA) is 114 Å². The molecule has 6 nitrogen and oxygen atoms in total. The van der Waals surface area contributed by atoms with Crippen molar-refractivity contribution in [2.45, 2.75) is 51.9 Å². The van der Waals surface area contributed by atoms with E-state index in [0.29, 0.717) is 24.3 Å². The molecule has 1 aliphatic carbocycles. The van der Waals surface area contributed by atoms with Crippen molar-refractivity contribution in [3.63, 3.8) is 0 Å². The molecule has 1 saturated carbocycles. The number of benzene rings is 1. The van der Waals surface area contributed by atoms with Crippen LogP contribution in [0.1, 0.15) is 49.0 Å². The minimum absolute atomic E-state index is 0.301. The Balaban J connectivity index is 2.01. The van der Waals surface area contributed by atoms with Crippen molar-refractivity contribution in [1.82, 2.24) is 0 Å². The fraction of sp³-hybridized carbons (Fsp3) is 0.545. The number of nitrogens with one attached hydrogen (secondary N) is 1. The fourth-order valence-electron chi connectivity index (χ4n) is 5.43. The zero-order valence-corrected chi connectivity index (χ0v) is 16.2. The summed E-state index contributed by atoms with van der Waals surface area (Å²) in [6, 6.07) is 12.2. The summed E-state index contributed by atoms with van der Waals surface area (Å²) < 4.78 is 12.4. The second-order valence-electron chi connectivity index (χ2n) is 8.48. The Bertz CT molecular complexity index is 983. The maximum absolute atomic E-state index is 10.3. The first kappa shape index (κ1) is 18.5. The molecule has 0 radical (unpaired) electrons. The third kappa shape index (κ3) is 1.95. The van der Waals surface area contributed by atoms with Crippen molar-refractivity contribution in [2.24, 2.45) is 22.7 Å². The predicted molar refractivity (Wildman–Crippen MR) is 99.5 cm³/mol. The van der Waals surface area contributed by atoms with Crippen LogP contribution in [0, 0.1) is 75.9 Å². The van der Waals surface area contributed by atoms with Crippen LogP contribution in [0.2, 0.25) is 0 Å². The number of nitriles is 3. The van der Waals surface area contributed by atoms with Gasteiger partial charge in [-0.15, -0.1) is 0 Å². The smallest absolute Gasteiger partial charge is 0.217 e. The van der Waals surface area contributed by atoms with Crippen LogP contribution in [0.3, 0.4) is 0 Å². The lowest BCUT2D eigenvalue weighted by atomic mass is 9.50. The van der Waals surface area contributed by atoms with E-state index in [1.54, 1.807) is 0 Å². The molecule has 4 rings (SSSR count). The molecule has 0 aromatic heterocycles. The van der Waals surface area contributed by atoms with E-state index < -0.39 is 28.6 Å². The second-order valence-corrected chi connectivity index (χ2v) is 8.48. The molecule has 2 saturated heterocycles. The Morgan fingerprint density at radius 1 is 1.14 bits per heavy atom. The summed E-state index contributed by atoms with van der Waals surface area (Å²) in [7, 11) is 0. The second kappa shape index (κ2) is 5.81. The van der Waals surface area contributed by atoms with Crippen LogP contribution in [0.25, 0.3) is 0 Å². The Hall–Kier alpha value is -2.88. The van der Waals surface area contributed by atoms with Crippen molar-refractivity contribution >= 4 is 5.90 Å². The van der Waals surface area contributed by atoms with E-state index in [4.69, 9.17) is 14.9 Å². The lowest BCUT2D eigenvalue weighted by Crippen LogP contribution is -2.61. The zero-order valence-electron chi connectivity index (χ0n) is 16.2. The van der Waals surface area contributed by atoms with Crippen molar-refractivity contribution < 1.29 is 9.47 Å². The van der Waals surface area contributed by atoms with Gasteiger partial charge in [-0.1, -0.05) is 30.7 Å². The van der Waals surface area contributed by atoms with Crippen LogP contribution in [-0.4, -0.2) is 11.7 Å². The van der Waals surface area contributed by atoms with E-state index in [0.717, 1.165) is 17.5 Å². The summed E-state index contributed by atoms with van der Waals surface area (Å²) in [6.45, 7) is 5.96. The largest absolute Gasteiger partial charge is 0.447 e. The first-order valence-corrected chi connectivity index (χ1v) is 9.57. The van der Waals surface area contributed by atoms with Gasteiger partial charge in [0.1, 0.15) is 6.10 Å². The predicted octanol–water partition coefficient (Wildman–Crippen LogP) is 4.06. The normalized spacial score (nSPS) is 37.7. The molecule has 3 fully saturated rings. The molecule has 1 aromatic carbocycles. The molecular weight excluding hydrogens is 352 g/mol. The van der Waals surface area contributed by atoms with Gasteiger partial charge in [0, 0.05) is 6.42 Å². The minimum atomic E-state index is -1.86. The van der Waals surface area contributed by atoms with E-state index in [2.05, 4.69) is 25.1 Å². The van der Waals surface area contributed by atoms with E-state index in [-0.39, 0.29) is 5.90 Å². The molecular formula is C22H22N4O2. The summed E-state index contributed by atoms with van der Waals surface area (Å²) in [5.74, 6) is -1.64. The highest BCUT2D eigenvalue weighted by Gasteiger charge is 2.80. The number of aryl methyl sites for hydroxylation is 2. The van der Waals surface area contributed by atoms with E-state index in [9.17, 15) is 15.8 Å². The molecule has 1 N–H and O–H groups in total. The Kier molecular flexibility index (Phi) is 3.83. The summed E-state index contributed by atoms with van der Waals surface area (Å²) in [6.07, 6.45) is 1.01. The third-order valence-electron chi connectivity index (χ3n) is 6.88. The van der Waals surface area contributed by atoms with Gasteiger partial charge in [-0.3, -0.25) is 5.41 Å². The van der Waals surface area contributed by atoms with Gasteiger partial charge in [0.2, 0.25) is 17.1 Å². The highest BCUT2D eigenvalue weighted by Crippen LogP contribution is 2.70. The molecule has 2 aliphatic heterocycles. The van der Waals surface area contributed by atoms with Crippen molar-refractivity contribution in [1.29, 1.82) is 21.2 Å². The summed E-state index contributed by atoms with van der Waals surface area (Å²) in [5, 5.41) is 39.4. The summed E-state index contributed by atoms with van der Waals surface area (Å²) in [5.41, 5.74) is -0.867. The number of hydrogen-bond acceptors (Lipinski definition) is 6. The molecule has 2 bridgehead atoms. The lowest BCUT2D eigenvalue weighted by molar-refractivity contribution is -0.298. The molecule has 28 heavy (non-hydrogen) atoms. The van der Waals surface area contributed by atoms with E-state index >= 15 is 0 Å². The molecule has 1 aromatic rings. The van der Waals surface area contributed by atoms with E-state index in [1.807, 2.05) is 32.0 Å². The van der Waals surface area contributed by atoms with Crippen molar-refractivity contribution in [3.8, 4) is 18.2 Å². The van der Waals surface area contributed by atoms with Crippen LogP contribution in [0.5, 0.6) is 0 Å². The van der Waals surface area contributed by atoms with Gasteiger partial charge >= 0.3 is 0 Å². The average molecular weight is 374 g/mol. The molecule has 5 unspecified atom stereocenters. The summed E-state index contributed by atoms with van der Waals surface area (Å²) >= 11 is 0. The van der Waals surface area contributed by atoms with Crippen LogP contribution in [0.4, 0.5) is 0 Å². The molecule has 6 heteroatoms. The number of ether oxygens (including phenoxy) is 2. The van der Waals surface area contributed by atoms with Crippen molar-refractivity contribution in [2.75, 3.05) is 0 Å². The Morgan fingerprint density at radius 2 is 1.86 bits per heavy atom. The van der Waals surface area contributed by atoms with Gasteiger partial charge in [0.15, 0.2) is 5.41 Å². The summed E-state index contributed by atoms with van der Waals surface area (Å²) in [4.78, 5) is 0. The highest BCUT2D eigenvalue weighted by molar-refractivity contribution is 5.89. The monoisotopic (exact) mass is 374 g/mol. The standard InChI is InChI=1S/C22H22N4O2/c1-13-4-5-16(15(3)8-13)18-20(10-23,11-24)21(12-25)17-9-14(2)6-7-22(17,27-18)28-19(21)26/h4-5,8,14,17-18,26H,6-7,9H2,1-3H3. The van der Waals surface area contributed by atoms with Gasteiger partial charge in [0.05, 0.1) is 24.1 Å². The SMILES string of the molecule is Cc1ccc(C2OC34CCC(C)CC3C(C#N)(C(=N)O4)C2(C#N)C#N)c(C)c1. The van der Waals surface area contributed by atoms with Crippen LogP contribution in [0.15, 0.2) is 18.2 Å². The van der Waals surface area contributed by atoms with Gasteiger partial charge in [0.25, 0.3) is 0 Å². The average Bonchev–Trinajstić information content (AvgIpc) is 2.86. The van der Waals surface area contributed by atoms with Gasteiger partial charge in [-0.05, 0) is 43.7 Å². The molecule has 0 amide bonds. The first-order valence-electron chi connectivity index (χ1n) is 9.57.